The van der Waals surface area contributed by atoms with Crippen molar-refractivity contribution in [3.8, 4) is 0 Å². The Hall–Kier alpha value is -1.12. The van der Waals surface area contributed by atoms with Crippen LogP contribution in [0.5, 0.6) is 0 Å². The second-order valence-electron chi connectivity index (χ2n) is 5.42. The maximum absolute atomic E-state index is 11.9. The summed E-state index contributed by atoms with van der Waals surface area (Å²) in [5.41, 5.74) is 0. The molecule has 0 bridgehead atoms. The second-order valence-corrected chi connectivity index (χ2v) is 5.42. The lowest BCUT2D eigenvalue weighted by Crippen LogP contribution is -2.25. The number of carbonyl (C=O) groups is 2. The highest BCUT2D eigenvalue weighted by Gasteiger charge is 2.25. The Morgan fingerprint density at radius 3 is 2.32 bits per heavy atom. The zero-order chi connectivity index (χ0) is 14.8. The zero-order valence-corrected chi connectivity index (χ0v) is 12.8. The molecule has 0 radical (unpaired) electrons. The molecule has 2 atom stereocenters. The topological polar surface area (TPSA) is 43.4 Å². The van der Waals surface area contributed by atoms with Gasteiger partial charge in [-0.3, -0.25) is 4.79 Å². The number of ether oxygens (including phenoxy) is 1. The van der Waals surface area contributed by atoms with Crippen molar-refractivity contribution >= 4 is 11.8 Å². The van der Waals surface area contributed by atoms with Gasteiger partial charge in [0.25, 0.3) is 0 Å². The fourth-order valence-electron chi connectivity index (χ4n) is 2.57. The predicted octanol–water partition coefficient (Wildman–Crippen LogP) is 3.77. The summed E-state index contributed by atoms with van der Waals surface area (Å²) in [5.74, 6) is 0.887. The minimum Gasteiger partial charge on any atom is -0.455 e. The number of rotatable bonds is 10. The molecule has 0 saturated heterocycles. The normalized spacial score (nSPS) is 13.9. The van der Waals surface area contributed by atoms with E-state index in [-0.39, 0.29) is 12.4 Å². The van der Waals surface area contributed by atoms with Crippen LogP contribution in [0.3, 0.4) is 0 Å². The average Bonchev–Trinajstić information content (AvgIpc) is 2.39. The molecule has 3 heteroatoms. The number of ketones is 1. The van der Waals surface area contributed by atoms with Gasteiger partial charge in [-0.05, 0) is 17.8 Å². The van der Waals surface area contributed by atoms with Crippen LogP contribution in [0.2, 0.25) is 0 Å². The average molecular weight is 268 g/mol. The molecule has 0 aromatic rings. The van der Waals surface area contributed by atoms with E-state index in [9.17, 15) is 9.59 Å². The van der Waals surface area contributed by atoms with E-state index in [2.05, 4.69) is 34.3 Å². The third kappa shape index (κ3) is 7.14. The lowest BCUT2D eigenvalue weighted by molar-refractivity contribution is -0.143. The van der Waals surface area contributed by atoms with Gasteiger partial charge in [0.1, 0.15) is 6.61 Å². The van der Waals surface area contributed by atoms with E-state index >= 15 is 0 Å². The molecule has 0 fully saturated rings. The van der Waals surface area contributed by atoms with Crippen LogP contribution >= 0.6 is 0 Å². The number of hydrogen-bond donors (Lipinski definition) is 0. The van der Waals surface area contributed by atoms with Crippen LogP contribution in [0, 0.1) is 17.8 Å². The highest BCUT2D eigenvalue weighted by molar-refractivity contribution is 5.86. The third-order valence-electron chi connectivity index (χ3n) is 3.65. The molecule has 0 amide bonds. The number of hydrogen-bond acceptors (Lipinski definition) is 3. The molecule has 0 aliphatic heterocycles. The van der Waals surface area contributed by atoms with Crippen molar-refractivity contribution in [2.24, 2.45) is 17.8 Å². The van der Waals surface area contributed by atoms with Gasteiger partial charge in [-0.15, -0.1) is 0 Å². The molecular weight excluding hydrogens is 240 g/mol. The van der Waals surface area contributed by atoms with Crippen LogP contribution < -0.4 is 0 Å². The van der Waals surface area contributed by atoms with Gasteiger partial charge in [0.2, 0.25) is 0 Å². The van der Waals surface area contributed by atoms with Crippen LogP contribution in [0.25, 0.3) is 0 Å². The fourth-order valence-corrected chi connectivity index (χ4v) is 2.57. The SMILES string of the molecule is C=CC(=O)OCC(=O)CC(C(C)C)C(CC)CCC. The van der Waals surface area contributed by atoms with E-state index in [1.165, 1.54) is 0 Å². The molecule has 3 nitrogen and oxygen atoms in total. The van der Waals surface area contributed by atoms with Crippen molar-refractivity contribution in [3.05, 3.63) is 12.7 Å². The molecule has 0 aliphatic carbocycles. The first-order valence-corrected chi connectivity index (χ1v) is 7.27. The Kier molecular flexibility index (Phi) is 9.19. The summed E-state index contributed by atoms with van der Waals surface area (Å²) in [4.78, 5) is 22.8. The van der Waals surface area contributed by atoms with Gasteiger partial charge >= 0.3 is 5.97 Å². The first-order chi connectivity index (χ1) is 8.96. The minimum absolute atomic E-state index is 0.00320. The molecule has 0 aliphatic rings. The molecule has 0 saturated carbocycles. The van der Waals surface area contributed by atoms with Gasteiger partial charge < -0.3 is 4.74 Å². The van der Waals surface area contributed by atoms with E-state index in [1.54, 1.807) is 0 Å². The van der Waals surface area contributed by atoms with E-state index in [1.807, 2.05) is 0 Å². The zero-order valence-electron chi connectivity index (χ0n) is 12.8. The largest absolute Gasteiger partial charge is 0.455 e. The Balaban J connectivity index is 4.44. The smallest absolute Gasteiger partial charge is 0.330 e. The molecule has 0 heterocycles. The van der Waals surface area contributed by atoms with Gasteiger partial charge in [-0.25, -0.2) is 4.79 Å². The van der Waals surface area contributed by atoms with E-state index in [4.69, 9.17) is 4.74 Å². The van der Waals surface area contributed by atoms with Crippen molar-refractivity contribution in [1.82, 2.24) is 0 Å². The summed E-state index contributed by atoms with van der Waals surface area (Å²) in [6.45, 7) is 11.8. The Labute approximate surface area is 117 Å². The second kappa shape index (κ2) is 9.76. The van der Waals surface area contributed by atoms with Crippen molar-refractivity contribution in [1.29, 1.82) is 0 Å². The molecule has 2 unspecified atom stereocenters. The predicted molar refractivity (Wildman–Crippen MR) is 77.8 cm³/mol. The van der Waals surface area contributed by atoms with Gasteiger partial charge in [-0.2, -0.15) is 0 Å². The molecule has 19 heavy (non-hydrogen) atoms. The summed E-state index contributed by atoms with van der Waals surface area (Å²) in [6.07, 6.45) is 4.97. The quantitative estimate of drug-likeness (QED) is 0.447. The van der Waals surface area contributed by atoms with Gasteiger partial charge in [0.05, 0.1) is 0 Å². The molecule has 0 N–H and O–H groups in total. The number of esters is 1. The third-order valence-corrected chi connectivity index (χ3v) is 3.65. The highest BCUT2D eigenvalue weighted by atomic mass is 16.5. The van der Waals surface area contributed by atoms with Crippen LogP contribution in [-0.2, 0) is 14.3 Å². The van der Waals surface area contributed by atoms with Gasteiger partial charge in [-0.1, -0.05) is 53.5 Å². The van der Waals surface area contributed by atoms with Crippen molar-refractivity contribution < 1.29 is 14.3 Å². The van der Waals surface area contributed by atoms with Crippen LogP contribution in [-0.4, -0.2) is 18.4 Å². The van der Waals surface area contributed by atoms with Crippen LogP contribution in [0.15, 0.2) is 12.7 Å². The standard InChI is InChI=1S/C16H28O3/c1-6-9-13(7-2)15(12(4)5)10-14(17)11-19-16(18)8-3/h8,12-13,15H,3,6-7,9-11H2,1-2,4-5H3. The highest BCUT2D eigenvalue weighted by Crippen LogP contribution is 2.30. The number of carbonyl (C=O) groups excluding carboxylic acids is 2. The first kappa shape index (κ1) is 17.9. The fraction of sp³-hybridized carbons (Fsp3) is 0.750. The molecule has 0 aromatic heterocycles. The van der Waals surface area contributed by atoms with Crippen LogP contribution in [0.1, 0.15) is 53.4 Å². The van der Waals surface area contributed by atoms with Gasteiger partial charge in [0, 0.05) is 12.5 Å². The summed E-state index contributed by atoms with van der Waals surface area (Å²) < 4.78 is 4.80. The maximum atomic E-state index is 11.9. The van der Waals surface area contributed by atoms with Gasteiger partial charge in [0.15, 0.2) is 5.78 Å². The monoisotopic (exact) mass is 268 g/mol. The molecule has 110 valence electrons. The lowest BCUT2D eigenvalue weighted by Gasteiger charge is -2.29. The van der Waals surface area contributed by atoms with Crippen molar-refractivity contribution in [2.75, 3.05) is 6.61 Å². The Bertz CT molecular complexity index is 294. The minimum atomic E-state index is -0.532. The molecule has 0 aromatic carbocycles. The lowest BCUT2D eigenvalue weighted by atomic mass is 9.76. The Morgan fingerprint density at radius 2 is 1.89 bits per heavy atom. The maximum Gasteiger partial charge on any atom is 0.330 e. The van der Waals surface area contributed by atoms with Crippen molar-refractivity contribution in [2.45, 2.75) is 53.4 Å². The van der Waals surface area contributed by atoms with Crippen LogP contribution in [0.4, 0.5) is 0 Å². The van der Waals surface area contributed by atoms with Crippen molar-refractivity contribution in [3.63, 3.8) is 0 Å². The molecule has 0 spiro atoms. The Morgan fingerprint density at radius 1 is 1.26 bits per heavy atom. The number of Topliss-reactive ketones (excluding diaryl/α,β-unsaturated/α-hetero) is 1. The summed E-state index contributed by atoms with van der Waals surface area (Å²) in [5, 5.41) is 0. The molecular formula is C16H28O3. The summed E-state index contributed by atoms with van der Waals surface area (Å²) in [7, 11) is 0. The van der Waals surface area contributed by atoms with E-state index in [0.717, 1.165) is 25.3 Å². The summed E-state index contributed by atoms with van der Waals surface area (Å²) in [6, 6.07) is 0. The summed E-state index contributed by atoms with van der Waals surface area (Å²) >= 11 is 0. The first-order valence-electron chi connectivity index (χ1n) is 7.27. The van der Waals surface area contributed by atoms with E-state index < -0.39 is 5.97 Å². The van der Waals surface area contributed by atoms with E-state index in [0.29, 0.717) is 24.2 Å². The molecule has 0 rings (SSSR count).